The van der Waals surface area contributed by atoms with E-state index in [1.54, 1.807) is 23.5 Å². The Balaban J connectivity index is 1.53. The Morgan fingerprint density at radius 3 is 2.57 bits per heavy atom. The Hall–Kier alpha value is -2.77. The maximum Gasteiger partial charge on any atom is 0.337 e. The third kappa shape index (κ3) is 4.74. The summed E-state index contributed by atoms with van der Waals surface area (Å²) in [6, 6.07) is 14.7. The lowest BCUT2D eigenvalue weighted by molar-refractivity contribution is -0.125. The van der Waals surface area contributed by atoms with E-state index in [4.69, 9.17) is 0 Å². The summed E-state index contributed by atoms with van der Waals surface area (Å²) in [7, 11) is 3.27. The first kappa shape index (κ1) is 20.0. The molecule has 7 heteroatoms. The zero-order chi connectivity index (χ0) is 20.1. The molecule has 0 radical (unpaired) electrons. The highest BCUT2D eigenvalue weighted by molar-refractivity contribution is 7.18. The fourth-order valence-electron chi connectivity index (χ4n) is 2.75. The summed E-state index contributed by atoms with van der Waals surface area (Å²) in [5, 5.41) is 3.93. The van der Waals surface area contributed by atoms with Crippen molar-refractivity contribution in [3.8, 4) is 0 Å². The van der Waals surface area contributed by atoms with Crippen LogP contribution in [0.1, 0.15) is 27.9 Å². The van der Waals surface area contributed by atoms with E-state index in [-0.39, 0.29) is 17.9 Å². The van der Waals surface area contributed by atoms with Gasteiger partial charge in [-0.05, 0) is 43.8 Å². The second-order valence-corrected chi connectivity index (χ2v) is 7.69. The molecule has 0 bridgehead atoms. The number of amides is 1. The Labute approximate surface area is 168 Å². The molecule has 0 saturated carbocycles. The number of carbonyl (C=O) groups excluding carboxylic acids is 2. The van der Waals surface area contributed by atoms with Gasteiger partial charge in [-0.25, -0.2) is 9.78 Å². The number of ether oxygens (including phenoxy) is 1. The van der Waals surface area contributed by atoms with Crippen molar-refractivity contribution in [3.63, 3.8) is 0 Å². The van der Waals surface area contributed by atoms with Crippen molar-refractivity contribution >= 4 is 33.4 Å². The SMILES string of the molecule is COC(=O)c1ccc(CNC(=O)[C@H](C)N(C)Cc2nc3ccccc3s2)cc1. The molecule has 1 amide bonds. The second-order valence-electron chi connectivity index (χ2n) is 6.57. The smallest absolute Gasteiger partial charge is 0.337 e. The van der Waals surface area contributed by atoms with E-state index >= 15 is 0 Å². The van der Waals surface area contributed by atoms with Crippen LogP contribution in [0.25, 0.3) is 10.2 Å². The molecule has 0 fully saturated rings. The molecule has 0 spiro atoms. The van der Waals surface area contributed by atoms with Crippen molar-refractivity contribution in [2.75, 3.05) is 14.2 Å². The number of esters is 1. The van der Waals surface area contributed by atoms with Crippen molar-refractivity contribution in [1.29, 1.82) is 0 Å². The van der Waals surface area contributed by atoms with Crippen LogP contribution in [0.2, 0.25) is 0 Å². The maximum atomic E-state index is 12.5. The van der Waals surface area contributed by atoms with Crippen molar-refractivity contribution in [2.45, 2.75) is 26.1 Å². The molecule has 1 N–H and O–H groups in total. The number of carbonyl (C=O) groups is 2. The number of likely N-dealkylation sites (N-methyl/N-ethyl adjacent to an activating group) is 1. The van der Waals surface area contributed by atoms with Gasteiger partial charge >= 0.3 is 5.97 Å². The Morgan fingerprint density at radius 2 is 1.89 bits per heavy atom. The summed E-state index contributed by atoms with van der Waals surface area (Å²) in [4.78, 5) is 30.6. The molecule has 3 aromatic rings. The number of aromatic nitrogens is 1. The first-order valence-electron chi connectivity index (χ1n) is 8.97. The number of para-hydroxylation sites is 1. The summed E-state index contributed by atoms with van der Waals surface area (Å²) in [5.74, 6) is -0.429. The predicted molar refractivity (Wildman–Crippen MR) is 110 cm³/mol. The standard InChI is InChI=1S/C21H23N3O3S/c1-14(24(2)13-19-23-17-6-4-5-7-18(17)28-19)20(25)22-12-15-8-10-16(11-9-15)21(26)27-3/h4-11,14H,12-13H2,1-3H3,(H,22,25)/t14-/m0/s1. The van der Waals surface area contributed by atoms with Crippen LogP contribution < -0.4 is 5.32 Å². The number of hydrogen-bond donors (Lipinski definition) is 1. The van der Waals surface area contributed by atoms with E-state index in [9.17, 15) is 9.59 Å². The minimum Gasteiger partial charge on any atom is -0.465 e. The predicted octanol–water partition coefficient (Wildman–Crippen LogP) is 3.22. The number of fused-ring (bicyclic) bond motifs is 1. The quantitative estimate of drug-likeness (QED) is 0.620. The van der Waals surface area contributed by atoms with E-state index in [1.807, 2.05) is 49.2 Å². The van der Waals surface area contributed by atoms with E-state index in [0.717, 1.165) is 20.8 Å². The largest absolute Gasteiger partial charge is 0.465 e. The first-order chi connectivity index (χ1) is 13.5. The van der Waals surface area contributed by atoms with Crippen LogP contribution in [-0.4, -0.2) is 42.0 Å². The van der Waals surface area contributed by atoms with Crippen LogP contribution in [0.15, 0.2) is 48.5 Å². The average molecular weight is 398 g/mol. The van der Waals surface area contributed by atoms with Gasteiger partial charge in [-0.2, -0.15) is 0 Å². The summed E-state index contributed by atoms with van der Waals surface area (Å²) in [5.41, 5.74) is 2.40. The monoisotopic (exact) mass is 397 g/mol. The molecule has 0 saturated heterocycles. The van der Waals surface area contributed by atoms with Gasteiger partial charge < -0.3 is 10.1 Å². The number of nitrogens with zero attached hydrogens (tertiary/aromatic N) is 2. The van der Waals surface area contributed by atoms with E-state index in [1.165, 1.54) is 7.11 Å². The number of hydrogen-bond acceptors (Lipinski definition) is 6. The highest BCUT2D eigenvalue weighted by Crippen LogP contribution is 2.22. The zero-order valence-corrected chi connectivity index (χ0v) is 17.0. The van der Waals surface area contributed by atoms with E-state index in [0.29, 0.717) is 18.7 Å². The minimum atomic E-state index is -0.374. The Bertz CT molecular complexity index is 935. The van der Waals surface area contributed by atoms with Gasteiger partial charge in [0.15, 0.2) is 0 Å². The van der Waals surface area contributed by atoms with Crippen LogP contribution in [0, 0.1) is 0 Å². The topological polar surface area (TPSA) is 71.5 Å². The Kier molecular flexibility index (Phi) is 6.38. The Morgan fingerprint density at radius 1 is 1.18 bits per heavy atom. The summed E-state index contributed by atoms with van der Waals surface area (Å²) in [6.45, 7) is 2.89. The number of methoxy groups -OCH3 is 1. The van der Waals surface area contributed by atoms with Crippen LogP contribution in [0.5, 0.6) is 0 Å². The number of thiazole rings is 1. The molecule has 6 nitrogen and oxygen atoms in total. The fraction of sp³-hybridized carbons (Fsp3) is 0.286. The van der Waals surface area contributed by atoms with Crippen LogP contribution in [0.3, 0.4) is 0 Å². The molecule has 2 aromatic carbocycles. The molecule has 0 aliphatic rings. The molecule has 0 aliphatic carbocycles. The molecule has 1 atom stereocenters. The molecule has 1 aromatic heterocycles. The molecule has 0 unspecified atom stereocenters. The molecular formula is C21H23N3O3S. The molecule has 0 aliphatic heterocycles. The van der Waals surface area contributed by atoms with Crippen molar-refractivity contribution in [2.24, 2.45) is 0 Å². The number of benzene rings is 2. The van der Waals surface area contributed by atoms with E-state index in [2.05, 4.69) is 21.1 Å². The highest BCUT2D eigenvalue weighted by atomic mass is 32.1. The molecule has 146 valence electrons. The van der Waals surface area contributed by atoms with Gasteiger partial charge in [-0.1, -0.05) is 24.3 Å². The third-order valence-corrected chi connectivity index (χ3v) is 5.63. The fourth-order valence-corrected chi connectivity index (χ4v) is 3.78. The van der Waals surface area contributed by atoms with Gasteiger partial charge in [-0.3, -0.25) is 9.69 Å². The second kappa shape index (κ2) is 8.95. The summed E-state index contributed by atoms with van der Waals surface area (Å²) in [6.07, 6.45) is 0. The summed E-state index contributed by atoms with van der Waals surface area (Å²) < 4.78 is 5.83. The van der Waals surface area contributed by atoms with Gasteiger partial charge in [0.25, 0.3) is 0 Å². The van der Waals surface area contributed by atoms with Crippen LogP contribution >= 0.6 is 11.3 Å². The molecule has 1 heterocycles. The van der Waals surface area contributed by atoms with Crippen molar-refractivity contribution < 1.29 is 14.3 Å². The molecule has 3 rings (SSSR count). The summed E-state index contributed by atoms with van der Waals surface area (Å²) >= 11 is 1.65. The zero-order valence-electron chi connectivity index (χ0n) is 16.1. The van der Waals surface area contributed by atoms with Crippen LogP contribution in [-0.2, 0) is 22.6 Å². The van der Waals surface area contributed by atoms with Gasteiger partial charge in [-0.15, -0.1) is 11.3 Å². The highest BCUT2D eigenvalue weighted by Gasteiger charge is 2.19. The van der Waals surface area contributed by atoms with Gasteiger partial charge in [0.1, 0.15) is 5.01 Å². The third-order valence-electron chi connectivity index (χ3n) is 4.61. The lowest BCUT2D eigenvalue weighted by Crippen LogP contribution is -2.42. The number of rotatable bonds is 7. The van der Waals surface area contributed by atoms with E-state index < -0.39 is 0 Å². The van der Waals surface area contributed by atoms with Crippen molar-refractivity contribution in [1.82, 2.24) is 15.2 Å². The van der Waals surface area contributed by atoms with Gasteiger partial charge in [0.2, 0.25) is 5.91 Å². The molecule has 28 heavy (non-hydrogen) atoms. The van der Waals surface area contributed by atoms with Crippen molar-refractivity contribution in [3.05, 3.63) is 64.7 Å². The van der Waals surface area contributed by atoms with Gasteiger partial charge in [0.05, 0.1) is 35.5 Å². The lowest BCUT2D eigenvalue weighted by atomic mass is 10.1. The normalized spacial score (nSPS) is 12.1. The average Bonchev–Trinajstić information content (AvgIpc) is 3.13. The number of nitrogens with one attached hydrogen (secondary N) is 1. The first-order valence-corrected chi connectivity index (χ1v) is 9.79. The van der Waals surface area contributed by atoms with Gasteiger partial charge in [0, 0.05) is 6.54 Å². The molecular weight excluding hydrogens is 374 g/mol. The minimum absolute atomic E-state index is 0.0549. The van der Waals surface area contributed by atoms with Crippen LogP contribution in [0.4, 0.5) is 0 Å². The maximum absolute atomic E-state index is 12.5. The lowest BCUT2D eigenvalue weighted by Gasteiger charge is -2.22.